The van der Waals surface area contributed by atoms with Crippen LogP contribution in [0.5, 0.6) is 0 Å². The van der Waals surface area contributed by atoms with Crippen molar-refractivity contribution in [3.8, 4) is 0 Å². The van der Waals surface area contributed by atoms with E-state index in [1.54, 1.807) is 0 Å². The Morgan fingerprint density at radius 2 is 2.37 bits per heavy atom. The summed E-state index contributed by atoms with van der Waals surface area (Å²) in [7, 11) is 1.81. The second kappa shape index (κ2) is 5.93. The van der Waals surface area contributed by atoms with Crippen LogP contribution >= 0.6 is 0 Å². The number of ether oxygens (including phenoxy) is 1. The van der Waals surface area contributed by atoms with E-state index in [1.165, 1.54) is 49.2 Å². The van der Waals surface area contributed by atoms with E-state index in [9.17, 15) is 0 Å². The second-order valence-corrected chi connectivity index (χ2v) is 5.83. The van der Waals surface area contributed by atoms with E-state index in [-0.39, 0.29) is 0 Å². The van der Waals surface area contributed by atoms with E-state index in [4.69, 9.17) is 4.74 Å². The van der Waals surface area contributed by atoms with Crippen LogP contribution in [0, 0.1) is 5.92 Å². The lowest BCUT2D eigenvalue weighted by Crippen LogP contribution is -2.36. The van der Waals surface area contributed by atoms with E-state index in [0.29, 0.717) is 5.92 Å². The van der Waals surface area contributed by atoms with Crippen LogP contribution in [-0.4, -0.2) is 38.3 Å². The molecule has 19 heavy (non-hydrogen) atoms. The van der Waals surface area contributed by atoms with Gasteiger partial charge in [-0.25, -0.2) is 0 Å². The van der Waals surface area contributed by atoms with Crippen molar-refractivity contribution in [2.45, 2.75) is 25.8 Å². The molecule has 0 bridgehead atoms. The Bertz CT molecular complexity index is 431. The highest BCUT2D eigenvalue weighted by Crippen LogP contribution is 2.28. The summed E-state index contributed by atoms with van der Waals surface area (Å²) in [6.45, 7) is 5.48. The summed E-state index contributed by atoms with van der Waals surface area (Å²) < 4.78 is 5.31. The molecule has 0 aliphatic carbocycles. The van der Waals surface area contributed by atoms with E-state index >= 15 is 0 Å². The maximum Gasteiger partial charge on any atom is 0.0502 e. The molecule has 2 aliphatic heterocycles. The van der Waals surface area contributed by atoms with Gasteiger partial charge in [0.25, 0.3) is 0 Å². The molecule has 1 unspecified atom stereocenters. The number of para-hydroxylation sites is 1. The normalized spacial score (nSPS) is 23.1. The fraction of sp³-hybridized carbons (Fsp3) is 0.625. The molecule has 1 aromatic rings. The van der Waals surface area contributed by atoms with Gasteiger partial charge in [0.15, 0.2) is 0 Å². The number of hydrogen-bond donors (Lipinski definition) is 1. The summed E-state index contributed by atoms with van der Waals surface area (Å²) in [4.78, 5) is 2.59. The molecule has 2 heterocycles. The van der Waals surface area contributed by atoms with Gasteiger partial charge in [-0.2, -0.15) is 0 Å². The number of benzene rings is 1. The van der Waals surface area contributed by atoms with Crippen molar-refractivity contribution < 1.29 is 4.74 Å². The average molecular weight is 260 g/mol. The van der Waals surface area contributed by atoms with E-state index in [0.717, 1.165) is 19.7 Å². The maximum absolute atomic E-state index is 5.31. The van der Waals surface area contributed by atoms with Gasteiger partial charge in [-0.3, -0.25) is 4.90 Å². The van der Waals surface area contributed by atoms with Crippen molar-refractivity contribution in [3.05, 3.63) is 29.3 Å². The fourth-order valence-corrected chi connectivity index (χ4v) is 3.45. The summed E-state index contributed by atoms with van der Waals surface area (Å²) in [5, 5.41) is 3.54. The Morgan fingerprint density at radius 3 is 3.26 bits per heavy atom. The number of likely N-dealkylation sites (tertiary alicyclic amines) is 1. The van der Waals surface area contributed by atoms with Gasteiger partial charge in [0.2, 0.25) is 0 Å². The molecule has 0 saturated carbocycles. The van der Waals surface area contributed by atoms with Crippen molar-refractivity contribution in [1.82, 2.24) is 4.90 Å². The largest absolute Gasteiger partial charge is 0.384 e. The topological polar surface area (TPSA) is 24.5 Å². The van der Waals surface area contributed by atoms with Crippen LogP contribution in [-0.2, 0) is 17.7 Å². The monoisotopic (exact) mass is 260 g/mol. The maximum atomic E-state index is 5.31. The zero-order chi connectivity index (χ0) is 13.1. The van der Waals surface area contributed by atoms with Crippen molar-refractivity contribution in [2.75, 3.05) is 38.7 Å². The summed E-state index contributed by atoms with van der Waals surface area (Å²) in [6.07, 6.45) is 3.79. The smallest absolute Gasteiger partial charge is 0.0502 e. The molecular weight excluding hydrogens is 236 g/mol. The molecule has 1 N–H and O–H groups in total. The highest BCUT2D eigenvalue weighted by atomic mass is 16.5. The molecule has 2 aliphatic rings. The summed E-state index contributed by atoms with van der Waals surface area (Å²) in [6, 6.07) is 6.73. The minimum atomic E-state index is 0.712. The zero-order valence-electron chi connectivity index (χ0n) is 11.8. The number of hydrogen-bond acceptors (Lipinski definition) is 3. The standard InChI is InChI=1S/C16H24N2O/c1-19-12-13-4-3-9-18(10-13)11-15-6-2-5-14-7-8-17-16(14)15/h2,5-6,13,17H,3-4,7-12H2,1H3. The van der Waals surface area contributed by atoms with Crippen LogP contribution in [0.25, 0.3) is 0 Å². The number of methoxy groups -OCH3 is 1. The van der Waals surface area contributed by atoms with Crippen LogP contribution in [0.15, 0.2) is 18.2 Å². The first-order chi connectivity index (χ1) is 9.36. The molecule has 0 spiro atoms. The van der Waals surface area contributed by atoms with Crippen molar-refractivity contribution in [1.29, 1.82) is 0 Å². The van der Waals surface area contributed by atoms with Crippen LogP contribution in [0.2, 0.25) is 0 Å². The number of nitrogens with zero attached hydrogens (tertiary/aromatic N) is 1. The number of fused-ring (bicyclic) bond motifs is 1. The fourth-order valence-electron chi connectivity index (χ4n) is 3.45. The minimum absolute atomic E-state index is 0.712. The zero-order valence-corrected chi connectivity index (χ0v) is 11.8. The average Bonchev–Trinajstić information content (AvgIpc) is 2.89. The Hall–Kier alpha value is -1.06. The van der Waals surface area contributed by atoms with Crippen molar-refractivity contribution in [3.63, 3.8) is 0 Å². The Morgan fingerprint density at radius 1 is 1.42 bits per heavy atom. The molecule has 3 nitrogen and oxygen atoms in total. The van der Waals surface area contributed by atoms with Gasteiger partial charge in [-0.1, -0.05) is 18.2 Å². The quantitative estimate of drug-likeness (QED) is 0.900. The number of anilines is 1. The third kappa shape index (κ3) is 2.93. The number of nitrogens with one attached hydrogen (secondary N) is 1. The van der Waals surface area contributed by atoms with Gasteiger partial charge in [0.1, 0.15) is 0 Å². The van der Waals surface area contributed by atoms with Crippen molar-refractivity contribution >= 4 is 5.69 Å². The van der Waals surface area contributed by atoms with Gasteiger partial charge in [-0.05, 0) is 42.9 Å². The molecule has 1 aromatic carbocycles. The highest BCUT2D eigenvalue weighted by molar-refractivity contribution is 5.61. The number of rotatable bonds is 4. The molecule has 0 radical (unpaired) electrons. The van der Waals surface area contributed by atoms with Gasteiger partial charge >= 0.3 is 0 Å². The van der Waals surface area contributed by atoms with Crippen LogP contribution in [0.4, 0.5) is 5.69 Å². The third-order valence-electron chi connectivity index (χ3n) is 4.33. The summed E-state index contributed by atoms with van der Waals surface area (Å²) in [5.74, 6) is 0.712. The lowest BCUT2D eigenvalue weighted by molar-refractivity contribution is 0.0875. The Balaban J connectivity index is 1.66. The van der Waals surface area contributed by atoms with Gasteiger partial charge < -0.3 is 10.1 Å². The van der Waals surface area contributed by atoms with Gasteiger partial charge in [0, 0.05) is 32.4 Å². The molecule has 104 valence electrons. The molecule has 3 rings (SSSR count). The Kier molecular flexibility index (Phi) is 4.04. The third-order valence-corrected chi connectivity index (χ3v) is 4.33. The van der Waals surface area contributed by atoms with Crippen LogP contribution < -0.4 is 5.32 Å². The van der Waals surface area contributed by atoms with Gasteiger partial charge in [-0.15, -0.1) is 0 Å². The molecule has 1 atom stereocenters. The van der Waals surface area contributed by atoms with E-state index in [1.807, 2.05) is 7.11 Å². The lowest BCUT2D eigenvalue weighted by atomic mass is 9.98. The summed E-state index contributed by atoms with van der Waals surface area (Å²) >= 11 is 0. The van der Waals surface area contributed by atoms with Gasteiger partial charge in [0.05, 0.1) is 6.61 Å². The molecule has 1 fully saturated rings. The Labute approximate surface area is 115 Å². The lowest BCUT2D eigenvalue weighted by Gasteiger charge is -2.32. The molecular formula is C16H24N2O. The SMILES string of the molecule is COCC1CCCN(Cc2cccc3c2NCC3)C1. The van der Waals surface area contributed by atoms with E-state index in [2.05, 4.69) is 28.4 Å². The highest BCUT2D eigenvalue weighted by Gasteiger charge is 2.21. The van der Waals surface area contributed by atoms with Crippen molar-refractivity contribution in [2.24, 2.45) is 5.92 Å². The minimum Gasteiger partial charge on any atom is -0.384 e. The predicted octanol–water partition coefficient (Wildman–Crippen LogP) is 2.51. The van der Waals surface area contributed by atoms with E-state index < -0.39 is 0 Å². The molecule has 3 heteroatoms. The number of piperidine rings is 1. The summed E-state index contributed by atoms with van der Waals surface area (Å²) in [5.41, 5.74) is 4.35. The van der Waals surface area contributed by atoms with Crippen LogP contribution in [0.3, 0.4) is 0 Å². The molecule has 1 saturated heterocycles. The second-order valence-electron chi connectivity index (χ2n) is 5.83. The predicted molar refractivity (Wildman–Crippen MR) is 78.5 cm³/mol. The first-order valence-electron chi connectivity index (χ1n) is 7.43. The molecule has 0 aromatic heterocycles. The first kappa shape index (κ1) is 12.9. The first-order valence-corrected chi connectivity index (χ1v) is 7.43. The molecule has 0 amide bonds. The van der Waals surface area contributed by atoms with Crippen LogP contribution in [0.1, 0.15) is 24.0 Å².